The van der Waals surface area contributed by atoms with Crippen LogP contribution in [0.25, 0.3) is 11.1 Å². The molecular formula is C26H35N3O2. The Morgan fingerprint density at radius 3 is 2.68 bits per heavy atom. The van der Waals surface area contributed by atoms with E-state index in [1.54, 1.807) is 6.20 Å². The second-order valence-corrected chi connectivity index (χ2v) is 9.00. The molecule has 0 spiro atoms. The van der Waals surface area contributed by atoms with Gasteiger partial charge in [-0.05, 0) is 68.0 Å². The van der Waals surface area contributed by atoms with Crippen LogP contribution in [0.15, 0.2) is 48.8 Å². The molecular weight excluding hydrogens is 386 g/mol. The summed E-state index contributed by atoms with van der Waals surface area (Å²) in [7, 11) is 0. The molecule has 4 rings (SSSR count). The third kappa shape index (κ3) is 5.34. The highest BCUT2D eigenvalue weighted by molar-refractivity contribution is 5.83. The summed E-state index contributed by atoms with van der Waals surface area (Å²) >= 11 is 0. The Hall–Kier alpha value is -2.24. The van der Waals surface area contributed by atoms with Crippen LogP contribution < -0.4 is 5.32 Å². The van der Waals surface area contributed by atoms with Crippen LogP contribution in [0.3, 0.4) is 0 Å². The molecule has 5 heteroatoms. The summed E-state index contributed by atoms with van der Waals surface area (Å²) < 4.78 is 5.62. The van der Waals surface area contributed by atoms with Crippen LogP contribution in [0.2, 0.25) is 0 Å². The van der Waals surface area contributed by atoms with Crippen LogP contribution in [-0.2, 0) is 16.0 Å². The van der Waals surface area contributed by atoms with Crippen molar-refractivity contribution in [2.24, 2.45) is 5.41 Å². The molecule has 2 fully saturated rings. The molecule has 31 heavy (non-hydrogen) atoms. The van der Waals surface area contributed by atoms with E-state index in [0.717, 1.165) is 50.0 Å². The second-order valence-electron chi connectivity index (χ2n) is 9.00. The molecule has 2 aliphatic rings. The first-order chi connectivity index (χ1) is 15.2. The molecule has 0 bridgehead atoms. The predicted octanol–water partition coefficient (Wildman–Crippen LogP) is 4.08. The average Bonchev–Trinajstić information content (AvgIpc) is 2.84. The molecule has 0 radical (unpaired) electrons. The van der Waals surface area contributed by atoms with Gasteiger partial charge in [0, 0.05) is 38.2 Å². The van der Waals surface area contributed by atoms with Gasteiger partial charge >= 0.3 is 0 Å². The molecule has 2 aliphatic heterocycles. The fraction of sp³-hybridized carbons (Fsp3) is 0.538. The maximum Gasteiger partial charge on any atom is 0.226 e. The van der Waals surface area contributed by atoms with E-state index in [9.17, 15) is 4.79 Å². The minimum atomic E-state index is -0.375. The first-order valence-electron chi connectivity index (χ1n) is 11.8. The Morgan fingerprint density at radius 1 is 1.16 bits per heavy atom. The number of nitrogens with zero attached hydrogens (tertiary/aromatic N) is 2. The van der Waals surface area contributed by atoms with Gasteiger partial charge in [0.25, 0.3) is 0 Å². The highest BCUT2D eigenvalue weighted by atomic mass is 16.5. The van der Waals surface area contributed by atoms with E-state index in [-0.39, 0.29) is 11.3 Å². The fourth-order valence-electron chi connectivity index (χ4n) is 5.09. The van der Waals surface area contributed by atoms with Gasteiger partial charge < -0.3 is 10.1 Å². The first-order valence-corrected chi connectivity index (χ1v) is 11.8. The summed E-state index contributed by atoms with van der Waals surface area (Å²) in [5.41, 5.74) is 3.09. The van der Waals surface area contributed by atoms with E-state index in [1.165, 1.54) is 24.8 Å². The molecule has 3 heterocycles. The Balaban J connectivity index is 1.44. The second kappa shape index (κ2) is 10.4. The van der Waals surface area contributed by atoms with Gasteiger partial charge in [-0.2, -0.15) is 0 Å². The highest BCUT2D eigenvalue weighted by Gasteiger charge is 2.40. The number of likely N-dealkylation sites (tertiary alicyclic amines) is 1. The van der Waals surface area contributed by atoms with Gasteiger partial charge in [-0.3, -0.25) is 14.7 Å². The number of hydrogen-bond donors (Lipinski definition) is 1. The van der Waals surface area contributed by atoms with Crippen molar-refractivity contribution in [3.8, 4) is 11.1 Å². The van der Waals surface area contributed by atoms with Gasteiger partial charge in [0.05, 0.1) is 5.41 Å². The van der Waals surface area contributed by atoms with Gasteiger partial charge in [-0.1, -0.05) is 43.7 Å². The summed E-state index contributed by atoms with van der Waals surface area (Å²) in [4.78, 5) is 20.2. The smallest absolute Gasteiger partial charge is 0.226 e. The van der Waals surface area contributed by atoms with Crippen molar-refractivity contribution >= 4 is 5.91 Å². The number of pyridine rings is 1. The number of aromatic nitrogens is 1. The number of carbonyl (C=O) groups excluding carboxylic acids is 1. The van der Waals surface area contributed by atoms with Crippen LogP contribution in [0.5, 0.6) is 0 Å². The summed E-state index contributed by atoms with van der Waals surface area (Å²) in [6.45, 7) is 6.50. The lowest BCUT2D eigenvalue weighted by Crippen LogP contribution is -2.51. The Morgan fingerprint density at radius 2 is 1.97 bits per heavy atom. The maximum absolute atomic E-state index is 13.5. The van der Waals surface area contributed by atoms with E-state index < -0.39 is 0 Å². The SMILES string of the molecule is CCN1CCCCC1CNC(=O)C1(Cc2ccc(-c3cccnc3)cc2)CCOCC1. The number of amides is 1. The van der Waals surface area contributed by atoms with Gasteiger partial charge in [0.15, 0.2) is 0 Å². The van der Waals surface area contributed by atoms with E-state index >= 15 is 0 Å². The van der Waals surface area contributed by atoms with Crippen molar-refractivity contribution < 1.29 is 9.53 Å². The molecule has 1 unspecified atom stereocenters. The predicted molar refractivity (Wildman–Crippen MR) is 124 cm³/mol. The molecule has 166 valence electrons. The number of likely N-dealkylation sites (N-methyl/N-ethyl adjacent to an activating group) is 1. The van der Waals surface area contributed by atoms with Crippen molar-refractivity contribution in [1.82, 2.24) is 15.2 Å². The molecule has 1 N–H and O–H groups in total. The molecule has 1 amide bonds. The highest BCUT2D eigenvalue weighted by Crippen LogP contribution is 2.35. The number of ether oxygens (including phenoxy) is 1. The van der Waals surface area contributed by atoms with Crippen LogP contribution in [0.1, 0.15) is 44.6 Å². The zero-order chi connectivity index (χ0) is 21.5. The molecule has 1 atom stereocenters. The summed E-state index contributed by atoms with van der Waals surface area (Å²) in [6, 6.07) is 13.1. The minimum absolute atomic E-state index is 0.203. The number of benzene rings is 1. The monoisotopic (exact) mass is 421 g/mol. The lowest BCUT2D eigenvalue weighted by molar-refractivity contribution is -0.137. The molecule has 1 aromatic heterocycles. The van der Waals surface area contributed by atoms with Gasteiger partial charge in [-0.15, -0.1) is 0 Å². The van der Waals surface area contributed by atoms with E-state index in [2.05, 4.69) is 52.5 Å². The van der Waals surface area contributed by atoms with Gasteiger partial charge in [-0.25, -0.2) is 0 Å². The van der Waals surface area contributed by atoms with Gasteiger partial charge in [0.1, 0.15) is 0 Å². The third-order valence-electron chi connectivity index (χ3n) is 7.08. The van der Waals surface area contributed by atoms with Crippen LogP contribution in [0.4, 0.5) is 0 Å². The van der Waals surface area contributed by atoms with E-state index in [1.807, 2.05) is 12.3 Å². The topological polar surface area (TPSA) is 54.5 Å². The molecule has 2 saturated heterocycles. The zero-order valence-corrected chi connectivity index (χ0v) is 18.7. The Bertz CT molecular complexity index is 831. The lowest BCUT2D eigenvalue weighted by atomic mass is 9.74. The largest absolute Gasteiger partial charge is 0.381 e. The summed E-state index contributed by atoms with van der Waals surface area (Å²) in [5.74, 6) is 0.203. The van der Waals surface area contributed by atoms with E-state index in [0.29, 0.717) is 19.3 Å². The average molecular weight is 422 g/mol. The van der Waals surface area contributed by atoms with Crippen molar-refractivity contribution in [3.63, 3.8) is 0 Å². The Labute approximate surface area is 186 Å². The number of carbonyl (C=O) groups is 1. The number of hydrogen-bond acceptors (Lipinski definition) is 4. The van der Waals surface area contributed by atoms with Crippen LogP contribution in [-0.4, -0.2) is 54.7 Å². The van der Waals surface area contributed by atoms with Gasteiger partial charge in [0.2, 0.25) is 5.91 Å². The number of piperidine rings is 1. The first kappa shape index (κ1) is 22.0. The molecule has 2 aromatic rings. The molecule has 0 saturated carbocycles. The number of nitrogens with one attached hydrogen (secondary N) is 1. The Kier molecular flexibility index (Phi) is 7.36. The minimum Gasteiger partial charge on any atom is -0.381 e. The normalized spacial score (nSPS) is 21.5. The van der Waals surface area contributed by atoms with Crippen molar-refractivity contribution in [2.45, 2.75) is 51.5 Å². The van der Waals surface area contributed by atoms with Crippen molar-refractivity contribution in [2.75, 3.05) is 32.8 Å². The maximum atomic E-state index is 13.5. The molecule has 0 aliphatic carbocycles. The molecule has 5 nitrogen and oxygen atoms in total. The van der Waals surface area contributed by atoms with Crippen LogP contribution in [0, 0.1) is 5.41 Å². The molecule has 1 aromatic carbocycles. The fourth-order valence-corrected chi connectivity index (χ4v) is 5.09. The van der Waals surface area contributed by atoms with E-state index in [4.69, 9.17) is 4.74 Å². The number of rotatable bonds is 7. The third-order valence-corrected chi connectivity index (χ3v) is 7.08. The summed E-state index contributed by atoms with van der Waals surface area (Å²) in [6.07, 6.45) is 9.72. The van der Waals surface area contributed by atoms with Crippen LogP contribution >= 0.6 is 0 Å². The zero-order valence-electron chi connectivity index (χ0n) is 18.7. The quantitative estimate of drug-likeness (QED) is 0.732. The van der Waals surface area contributed by atoms with Crippen molar-refractivity contribution in [1.29, 1.82) is 0 Å². The van der Waals surface area contributed by atoms with Crippen molar-refractivity contribution in [3.05, 3.63) is 54.4 Å². The standard InChI is InChI=1S/C26H35N3O2/c1-2-29-15-4-3-7-24(29)20-28-25(30)26(12-16-31-17-13-26)18-21-8-10-22(11-9-21)23-6-5-14-27-19-23/h5-6,8-11,14,19,24H,2-4,7,12-13,15-18,20H2,1H3,(H,28,30). The lowest BCUT2D eigenvalue weighted by Gasteiger charge is -2.38. The summed E-state index contributed by atoms with van der Waals surface area (Å²) in [5, 5.41) is 3.34.